The van der Waals surface area contributed by atoms with Crippen molar-refractivity contribution in [3.63, 3.8) is 0 Å². The first-order valence-electron chi connectivity index (χ1n) is 5.71. The second kappa shape index (κ2) is 4.73. The molecule has 2 nitrogen and oxygen atoms in total. The molecule has 2 atom stereocenters. The Bertz CT molecular complexity index is 234. The summed E-state index contributed by atoms with van der Waals surface area (Å²) in [7, 11) is 0. The lowest BCUT2D eigenvalue weighted by Crippen LogP contribution is -2.44. The molecule has 1 amide bonds. The molecule has 1 saturated heterocycles. The molecule has 1 aliphatic rings. The predicted molar refractivity (Wildman–Crippen MR) is 64.1 cm³/mol. The van der Waals surface area contributed by atoms with Crippen LogP contribution in [0.3, 0.4) is 0 Å². The van der Waals surface area contributed by atoms with Crippen LogP contribution in [0.2, 0.25) is 0 Å². The van der Waals surface area contributed by atoms with E-state index in [0.29, 0.717) is 12.3 Å². The Kier molecular flexibility index (Phi) is 4.05. The van der Waals surface area contributed by atoms with Crippen molar-refractivity contribution in [3.8, 4) is 0 Å². The highest BCUT2D eigenvalue weighted by Gasteiger charge is 2.29. The lowest BCUT2D eigenvalue weighted by molar-refractivity contribution is -0.134. The van der Waals surface area contributed by atoms with Crippen molar-refractivity contribution in [3.05, 3.63) is 0 Å². The molecule has 0 radical (unpaired) electrons. The molecule has 2 unspecified atom stereocenters. The van der Waals surface area contributed by atoms with E-state index in [1.807, 2.05) is 4.90 Å². The Hall–Kier alpha value is -0.240. The number of hydrogen-bond donors (Lipinski definition) is 0. The van der Waals surface area contributed by atoms with Gasteiger partial charge in [-0.3, -0.25) is 4.79 Å². The van der Waals surface area contributed by atoms with E-state index in [1.165, 1.54) is 0 Å². The van der Waals surface area contributed by atoms with Crippen LogP contribution in [0.4, 0.5) is 0 Å². The first kappa shape index (κ1) is 12.8. The minimum absolute atomic E-state index is 0.0714. The van der Waals surface area contributed by atoms with Crippen LogP contribution in [0, 0.1) is 11.3 Å². The summed E-state index contributed by atoms with van der Waals surface area (Å²) in [4.78, 5) is 13.9. The van der Waals surface area contributed by atoms with Crippen molar-refractivity contribution in [1.29, 1.82) is 0 Å². The van der Waals surface area contributed by atoms with Crippen molar-refractivity contribution in [1.82, 2.24) is 4.90 Å². The Labute approximate surface area is 98.0 Å². The van der Waals surface area contributed by atoms with Crippen LogP contribution in [0.25, 0.3) is 0 Å². The molecule has 1 fully saturated rings. The highest BCUT2D eigenvalue weighted by molar-refractivity contribution is 6.21. The number of nitrogens with zero attached hydrogens (tertiary/aromatic N) is 1. The standard InChI is InChI=1S/C12H22ClNO/c1-9-5-6-14(8-10(9)13)11(15)7-12(2,3)4/h9-10H,5-8H2,1-4H3. The summed E-state index contributed by atoms with van der Waals surface area (Å²) in [6.07, 6.45) is 1.65. The molecule has 0 bridgehead atoms. The summed E-state index contributed by atoms with van der Waals surface area (Å²) in [5, 5.41) is 0.127. The Morgan fingerprint density at radius 1 is 1.47 bits per heavy atom. The molecule has 0 N–H and O–H groups in total. The van der Waals surface area contributed by atoms with Gasteiger partial charge in [0.05, 0.1) is 5.38 Å². The predicted octanol–water partition coefficient (Wildman–Crippen LogP) is 2.90. The van der Waals surface area contributed by atoms with Crippen molar-refractivity contribution in [2.75, 3.05) is 13.1 Å². The van der Waals surface area contributed by atoms with Gasteiger partial charge >= 0.3 is 0 Å². The van der Waals surface area contributed by atoms with Gasteiger partial charge in [-0.2, -0.15) is 0 Å². The van der Waals surface area contributed by atoms with Crippen LogP contribution in [-0.2, 0) is 4.79 Å². The molecule has 1 heterocycles. The van der Waals surface area contributed by atoms with E-state index in [0.717, 1.165) is 19.5 Å². The number of halogens is 1. The third kappa shape index (κ3) is 4.02. The van der Waals surface area contributed by atoms with Gasteiger partial charge in [0, 0.05) is 19.5 Å². The van der Waals surface area contributed by atoms with Crippen molar-refractivity contribution >= 4 is 17.5 Å². The van der Waals surface area contributed by atoms with E-state index in [9.17, 15) is 4.79 Å². The Morgan fingerprint density at radius 3 is 2.53 bits per heavy atom. The largest absolute Gasteiger partial charge is 0.341 e. The van der Waals surface area contributed by atoms with E-state index in [1.54, 1.807) is 0 Å². The molecule has 88 valence electrons. The normalized spacial score (nSPS) is 27.9. The lowest BCUT2D eigenvalue weighted by Gasteiger charge is -2.35. The number of hydrogen-bond acceptors (Lipinski definition) is 1. The molecule has 0 aromatic heterocycles. The molecule has 15 heavy (non-hydrogen) atoms. The first-order valence-corrected chi connectivity index (χ1v) is 6.15. The van der Waals surface area contributed by atoms with Crippen LogP contribution >= 0.6 is 11.6 Å². The van der Waals surface area contributed by atoms with Gasteiger partial charge in [-0.15, -0.1) is 11.6 Å². The molecule has 0 saturated carbocycles. The number of carbonyl (C=O) groups excluding carboxylic acids is 1. The number of alkyl halides is 1. The number of amides is 1. The molecule has 1 rings (SSSR count). The van der Waals surface area contributed by atoms with Crippen LogP contribution in [0.5, 0.6) is 0 Å². The lowest BCUT2D eigenvalue weighted by atomic mass is 9.90. The number of carbonyl (C=O) groups is 1. The molecule has 0 spiro atoms. The molecule has 0 aromatic rings. The second-order valence-corrected chi connectivity index (χ2v) is 6.42. The molecule has 0 aliphatic carbocycles. The summed E-state index contributed by atoms with van der Waals surface area (Å²) in [6, 6.07) is 0. The monoisotopic (exact) mass is 231 g/mol. The van der Waals surface area contributed by atoms with Gasteiger partial charge < -0.3 is 4.90 Å². The Morgan fingerprint density at radius 2 is 2.07 bits per heavy atom. The SMILES string of the molecule is CC1CCN(C(=O)CC(C)(C)C)CC1Cl. The van der Waals surface area contributed by atoms with Crippen molar-refractivity contribution in [2.45, 2.75) is 45.9 Å². The summed E-state index contributed by atoms with van der Waals surface area (Å²) in [5.74, 6) is 0.783. The van der Waals surface area contributed by atoms with Gasteiger partial charge in [-0.05, 0) is 17.8 Å². The number of rotatable bonds is 1. The summed E-state index contributed by atoms with van der Waals surface area (Å²) in [6.45, 7) is 10.0. The van der Waals surface area contributed by atoms with E-state index < -0.39 is 0 Å². The zero-order chi connectivity index (χ0) is 11.6. The van der Waals surface area contributed by atoms with Gasteiger partial charge in [-0.1, -0.05) is 27.7 Å². The minimum atomic E-state index is 0.0714. The van der Waals surface area contributed by atoms with Gasteiger partial charge in [0.15, 0.2) is 0 Å². The first-order chi connectivity index (χ1) is 6.79. The van der Waals surface area contributed by atoms with Gasteiger partial charge in [0.1, 0.15) is 0 Å². The van der Waals surface area contributed by atoms with Crippen LogP contribution in [0.15, 0.2) is 0 Å². The Balaban J connectivity index is 2.48. The zero-order valence-electron chi connectivity index (χ0n) is 10.2. The minimum Gasteiger partial charge on any atom is -0.341 e. The maximum absolute atomic E-state index is 11.9. The molecular formula is C12H22ClNO. The third-order valence-corrected chi connectivity index (χ3v) is 3.47. The average molecular weight is 232 g/mol. The summed E-state index contributed by atoms with van der Waals surface area (Å²) in [5.41, 5.74) is 0.0714. The molecular weight excluding hydrogens is 210 g/mol. The molecule has 1 aliphatic heterocycles. The summed E-state index contributed by atoms with van der Waals surface area (Å²) >= 11 is 6.18. The molecule has 3 heteroatoms. The van der Waals surface area contributed by atoms with E-state index >= 15 is 0 Å². The van der Waals surface area contributed by atoms with E-state index in [2.05, 4.69) is 27.7 Å². The van der Waals surface area contributed by atoms with Crippen LogP contribution in [-0.4, -0.2) is 29.3 Å². The fraction of sp³-hybridized carbons (Fsp3) is 0.917. The van der Waals surface area contributed by atoms with E-state index in [4.69, 9.17) is 11.6 Å². The smallest absolute Gasteiger partial charge is 0.223 e. The van der Waals surface area contributed by atoms with Gasteiger partial charge in [0.2, 0.25) is 5.91 Å². The van der Waals surface area contributed by atoms with Gasteiger partial charge in [0.25, 0.3) is 0 Å². The number of piperidine rings is 1. The highest BCUT2D eigenvalue weighted by atomic mass is 35.5. The summed E-state index contributed by atoms with van der Waals surface area (Å²) < 4.78 is 0. The van der Waals surface area contributed by atoms with Crippen molar-refractivity contribution < 1.29 is 4.79 Å². The molecule has 0 aromatic carbocycles. The van der Waals surface area contributed by atoms with E-state index in [-0.39, 0.29) is 16.7 Å². The maximum atomic E-state index is 11.9. The maximum Gasteiger partial charge on any atom is 0.223 e. The third-order valence-electron chi connectivity index (χ3n) is 2.90. The quantitative estimate of drug-likeness (QED) is 0.636. The average Bonchev–Trinajstić information content (AvgIpc) is 2.06. The van der Waals surface area contributed by atoms with Gasteiger partial charge in [-0.25, -0.2) is 0 Å². The fourth-order valence-corrected chi connectivity index (χ4v) is 2.11. The van der Waals surface area contributed by atoms with Crippen LogP contribution < -0.4 is 0 Å². The number of likely N-dealkylation sites (tertiary alicyclic amines) is 1. The van der Waals surface area contributed by atoms with Crippen LogP contribution in [0.1, 0.15) is 40.5 Å². The fourth-order valence-electron chi connectivity index (χ4n) is 1.81. The van der Waals surface area contributed by atoms with Crippen molar-refractivity contribution in [2.24, 2.45) is 11.3 Å². The second-order valence-electron chi connectivity index (χ2n) is 5.86. The zero-order valence-corrected chi connectivity index (χ0v) is 11.0. The highest BCUT2D eigenvalue weighted by Crippen LogP contribution is 2.25. The topological polar surface area (TPSA) is 20.3 Å².